The molecule has 1 saturated carbocycles. The smallest absolute Gasteiger partial charge is 0.387 e. The Kier molecular flexibility index (Phi) is 7.71. The average Bonchev–Trinajstić information content (AvgIpc) is 3.57. The third kappa shape index (κ3) is 5.96. The third-order valence-corrected chi connectivity index (χ3v) is 6.70. The van der Waals surface area contributed by atoms with Gasteiger partial charge in [-0.15, -0.1) is 0 Å². The van der Waals surface area contributed by atoms with Crippen molar-refractivity contribution in [3.05, 3.63) is 52.8 Å². The first-order valence-corrected chi connectivity index (χ1v) is 11.8. The van der Waals surface area contributed by atoms with Gasteiger partial charge in [-0.3, -0.25) is 0 Å². The first kappa shape index (κ1) is 26.1. The Labute approximate surface area is 199 Å². The lowest BCUT2D eigenvalue weighted by atomic mass is 9.95. The fraction of sp³-hybridized carbons (Fsp3) is 0.435. The zero-order valence-electron chi connectivity index (χ0n) is 19.3. The van der Waals surface area contributed by atoms with Crippen LogP contribution in [0.4, 0.5) is 23.7 Å². The van der Waals surface area contributed by atoms with E-state index in [1.54, 1.807) is 0 Å². The molecule has 1 atom stereocenters. The lowest BCUT2D eigenvalue weighted by Crippen LogP contribution is -2.45. The number of hydrogen-bond acceptors (Lipinski definition) is 5. The summed E-state index contributed by atoms with van der Waals surface area (Å²) in [6.45, 7) is 3.61. The Hall–Kier alpha value is -2.47. The van der Waals surface area contributed by atoms with Gasteiger partial charge in [-0.1, -0.05) is 24.3 Å². The predicted octanol–water partition coefficient (Wildman–Crippen LogP) is 5.09. The van der Waals surface area contributed by atoms with Crippen LogP contribution in [0.1, 0.15) is 69.1 Å². The van der Waals surface area contributed by atoms with Crippen molar-refractivity contribution < 1.29 is 32.4 Å². The molecule has 2 amide bonds. The zero-order valence-corrected chi connectivity index (χ0v) is 20.1. The highest BCUT2D eigenvalue weighted by Crippen LogP contribution is 2.47. The van der Waals surface area contributed by atoms with E-state index in [1.807, 2.05) is 13.8 Å². The fourth-order valence-corrected chi connectivity index (χ4v) is 4.33. The highest BCUT2D eigenvalue weighted by Gasteiger charge is 2.34. The molecule has 2 aromatic carbocycles. The van der Waals surface area contributed by atoms with Crippen LogP contribution >= 0.6 is 0 Å². The molecule has 0 aliphatic heterocycles. The normalized spacial score (nSPS) is 14.9. The molecule has 34 heavy (non-hydrogen) atoms. The standard InChI is InChI=1S/C23H28F3N3O4S/c1-12(2)16-10-15(33-21(25)26)11-17(13-5-6-13)20(16)28-22(30)29(27)34(32)19-8-7-14(9-18(19)24)23(3,4)31/h7-13,21,31H,5-6,27H2,1-4H3,(H,28,30). The van der Waals surface area contributed by atoms with Crippen LogP contribution in [0.2, 0.25) is 0 Å². The molecule has 0 radical (unpaired) electrons. The molecule has 186 valence electrons. The number of hydrogen-bond donors (Lipinski definition) is 3. The van der Waals surface area contributed by atoms with Gasteiger partial charge in [0.05, 0.1) is 5.60 Å². The monoisotopic (exact) mass is 499 g/mol. The average molecular weight is 500 g/mol. The molecule has 2 aromatic rings. The molecule has 3 rings (SSSR count). The molecule has 0 heterocycles. The van der Waals surface area contributed by atoms with Gasteiger partial charge in [0.25, 0.3) is 0 Å². The van der Waals surface area contributed by atoms with Crippen LogP contribution < -0.4 is 15.9 Å². The summed E-state index contributed by atoms with van der Waals surface area (Å²) in [4.78, 5) is 12.5. The first-order valence-electron chi connectivity index (χ1n) is 10.7. The van der Waals surface area contributed by atoms with Gasteiger partial charge in [0.1, 0.15) is 17.1 Å². The summed E-state index contributed by atoms with van der Waals surface area (Å²) < 4.78 is 58.0. The van der Waals surface area contributed by atoms with Gasteiger partial charge >= 0.3 is 12.6 Å². The van der Waals surface area contributed by atoms with Crippen LogP contribution in [0.15, 0.2) is 35.2 Å². The Bertz CT molecular complexity index is 1040. The van der Waals surface area contributed by atoms with Crippen molar-refractivity contribution >= 4 is 23.1 Å². The number of ether oxygens (including phenoxy) is 1. The Morgan fingerprint density at radius 3 is 2.44 bits per heavy atom. The molecule has 0 saturated heterocycles. The highest BCUT2D eigenvalue weighted by atomic mass is 32.2. The topological polar surface area (TPSA) is 111 Å². The van der Waals surface area contributed by atoms with Crippen LogP contribution in [0.5, 0.6) is 5.75 Å². The van der Waals surface area contributed by atoms with E-state index in [1.165, 1.54) is 38.1 Å². The minimum absolute atomic E-state index is 0.0132. The number of alkyl halides is 2. The summed E-state index contributed by atoms with van der Waals surface area (Å²) in [6.07, 6.45) is 1.63. The van der Waals surface area contributed by atoms with E-state index in [-0.39, 0.29) is 28.0 Å². The summed E-state index contributed by atoms with van der Waals surface area (Å²) in [7, 11) is 0. The number of anilines is 1. The number of nitrogens with one attached hydrogen (secondary N) is 1. The molecular formula is C23H28F3N3O4S. The van der Waals surface area contributed by atoms with Crippen molar-refractivity contribution in [1.29, 1.82) is 0 Å². The maximum atomic E-state index is 14.6. The van der Waals surface area contributed by atoms with Gasteiger partial charge in [-0.25, -0.2) is 9.18 Å². The van der Waals surface area contributed by atoms with E-state index < -0.39 is 35.4 Å². The summed E-state index contributed by atoms with van der Waals surface area (Å²) in [6, 6.07) is 5.53. The van der Waals surface area contributed by atoms with E-state index in [9.17, 15) is 27.6 Å². The van der Waals surface area contributed by atoms with Gasteiger partial charge in [0, 0.05) is 5.69 Å². The predicted molar refractivity (Wildman–Crippen MR) is 122 cm³/mol. The lowest BCUT2D eigenvalue weighted by molar-refractivity contribution is -0.0499. The number of halogens is 3. The number of nitrogens with zero attached hydrogens (tertiary/aromatic N) is 1. The van der Waals surface area contributed by atoms with Crippen molar-refractivity contribution in [3.63, 3.8) is 0 Å². The number of carbonyl (C=O) groups excluding carboxylic acids is 1. The summed E-state index contributed by atoms with van der Waals surface area (Å²) >= 11 is -2.39. The van der Waals surface area contributed by atoms with E-state index in [2.05, 4.69) is 10.1 Å². The van der Waals surface area contributed by atoms with Crippen molar-refractivity contribution in [3.8, 4) is 5.75 Å². The van der Waals surface area contributed by atoms with Crippen LogP contribution in [-0.2, 0) is 17.0 Å². The van der Waals surface area contributed by atoms with Crippen molar-refractivity contribution in [2.24, 2.45) is 5.84 Å². The largest absolute Gasteiger partial charge is 0.586 e. The first-order chi connectivity index (χ1) is 15.8. The van der Waals surface area contributed by atoms with E-state index >= 15 is 0 Å². The Morgan fingerprint density at radius 2 is 1.94 bits per heavy atom. The molecule has 0 aromatic heterocycles. The number of benzene rings is 2. The quantitative estimate of drug-likeness (QED) is 0.203. The van der Waals surface area contributed by atoms with Gasteiger partial charge < -0.3 is 19.7 Å². The SMILES string of the molecule is CC(C)c1cc(OC(F)F)cc(C2CC2)c1NC(=O)N(N)[S+]([O-])c1ccc(C(C)(C)O)cc1F. The number of amides is 2. The van der Waals surface area contributed by atoms with Crippen LogP contribution in [0, 0.1) is 5.82 Å². The molecule has 1 aliphatic carbocycles. The molecule has 4 N–H and O–H groups in total. The van der Waals surface area contributed by atoms with Crippen molar-refractivity contribution in [1.82, 2.24) is 4.41 Å². The second kappa shape index (κ2) is 10.0. The zero-order chi connectivity index (χ0) is 25.4. The van der Waals surface area contributed by atoms with Crippen molar-refractivity contribution in [2.75, 3.05) is 5.32 Å². The second-order valence-corrected chi connectivity index (χ2v) is 10.3. The van der Waals surface area contributed by atoms with Crippen LogP contribution in [0.3, 0.4) is 0 Å². The van der Waals surface area contributed by atoms with Gasteiger partial charge in [0.15, 0.2) is 5.82 Å². The highest BCUT2D eigenvalue weighted by molar-refractivity contribution is 7.89. The van der Waals surface area contributed by atoms with Gasteiger partial charge in [0.2, 0.25) is 4.90 Å². The molecule has 1 fully saturated rings. The summed E-state index contributed by atoms with van der Waals surface area (Å²) in [5, 5.41) is 12.7. The van der Waals surface area contributed by atoms with Crippen LogP contribution in [-0.4, -0.2) is 26.7 Å². The number of aliphatic hydroxyl groups is 1. The summed E-state index contributed by atoms with van der Waals surface area (Å²) in [5.41, 5.74) is 0.506. The summed E-state index contributed by atoms with van der Waals surface area (Å²) in [5.74, 6) is 4.76. The Balaban J connectivity index is 1.88. The van der Waals surface area contributed by atoms with Crippen LogP contribution in [0.25, 0.3) is 0 Å². The molecular weight excluding hydrogens is 471 g/mol. The molecule has 11 heteroatoms. The van der Waals surface area contributed by atoms with Gasteiger partial charge in [-0.05, 0) is 79.5 Å². The molecule has 1 aliphatic rings. The maximum Gasteiger partial charge on any atom is 0.387 e. The van der Waals surface area contributed by atoms with E-state index in [4.69, 9.17) is 5.84 Å². The molecule has 7 nitrogen and oxygen atoms in total. The number of carbonyl (C=O) groups is 1. The maximum absolute atomic E-state index is 14.6. The van der Waals surface area contributed by atoms with Crippen molar-refractivity contribution in [2.45, 2.75) is 69.5 Å². The van der Waals surface area contributed by atoms with E-state index in [0.29, 0.717) is 21.2 Å². The Morgan fingerprint density at radius 1 is 1.29 bits per heavy atom. The second-order valence-electron chi connectivity index (χ2n) is 8.99. The minimum atomic E-state index is -2.99. The van der Waals surface area contributed by atoms with Gasteiger partial charge in [-0.2, -0.15) is 14.6 Å². The fourth-order valence-electron chi connectivity index (χ4n) is 3.51. The number of rotatable bonds is 8. The molecule has 1 unspecified atom stereocenters. The molecule has 0 bridgehead atoms. The van der Waals surface area contributed by atoms with E-state index in [0.717, 1.165) is 18.9 Å². The lowest BCUT2D eigenvalue weighted by Gasteiger charge is -2.24. The molecule has 0 spiro atoms. The number of nitrogens with two attached hydrogens (primary N) is 1. The number of urea groups is 1. The number of hydrazine groups is 1. The minimum Gasteiger partial charge on any atom is -0.586 e. The third-order valence-electron chi connectivity index (χ3n) is 5.47.